The van der Waals surface area contributed by atoms with Crippen molar-refractivity contribution in [2.24, 2.45) is 0 Å². The molecule has 2 amide bonds. The van der Waals surface area contributed by atoms with E-state index in [9.17, 15) is 14.0 Å². The van der Waals surface area contributed by atoms with E-state index < -0.39 is 23.7 Å². The molecule has 0 heterocycles. The maximum Gasteiger partial charge on any atom is 0.313 e. The Hall–Kier alpha value is -2.89. The van der Waals surface area contributed by atoms with Gasteiger partial charge in [-0.3, -0.25) is 9.59 Å². The number of aryl methyl sites for hydroxylation is 1. The van der Waals surface area contributed by atoms with Crippen LogP contribution in [0.15, 0.2) is 42.5 Å². The zero-order valence-corrected chi connectivity index (χ0v) is 13.7. The normalized spacial score (nSPS) is 11.5. The summed E-state index contributed by atoms with van der Waals surface area (Å²) in [6.45, 7) is 3.59. The molecule has 24 heavy (non-hydrogen) atoms. The summed E-state index contributed by atoms with van der Waals surface area (Å²) < 4.78 is 18.6. The van der Waals surface area contributed by atoms with Crippen LogP contribution in [-0.2, 0) is 9.59 Å². The van der Waals surface area contributed by atoms with Gasteiger partial charge in [0.05, 0.1) is 13.2 Å². The monoisotopic (exact) mass is 330 g/mol. The molecule has 2 N–H and O–H groups in total. The van der Waals surface area contributed by atoms with Crippen molar-refractivity contribution in [3.63, 3.8) is 0 Å². The number of benzene rings is 2. The highest BCUT2D eigenvalue weighted by molar-refractivity contribution is 6.39. The SMILES string of the molecule is COc1ccc([C@H](C)NC(=O)C(=O)Nc2ccc(C)cc2)cc1F. The number of methoxy groups -OCH3 is 1. The Morgan fingerprint density at radius 3 is 2.33 bits per heavy atom. The third-order valence-corrected chi connectivity index (χ3v) is 3.54. The maximum atomic E-state index is 13.7. The number of carbonyl (C=O) groups excluding carboxylic acids is 2. The number of amides is 2. The van der Waals surface area contributed by atoms with Crippen LogP contribution in [0.4, 0.5) is 10.1 Å². The quantitative estimate of drug-likeness (QED) is 0.847. The Balaban J connectivity index is 1.98. The Morgan fingerprint density at radius 2 is 1.75 bits per heavy atom. The Labute approximate surface area is 139 Å². The van der Waals surface area contributed by atoms with Gasteiger partial charge >= 0.3 is 11.8 Å². The van der Waals surface area contributed by atoms with Gasteiger partial charge in [0, 0.05) is 5.69 Å². The summed E-state index contributed by atoms with van der Waals surface area (Å²) in [4.78, 5) is 23.9. The van der Waals surface area contributed by atoms with E-state index in [1.165, 1.54) is 19.2 Å². The minimum absolute atomic E-state index is 0.120. The summed E-state index contributed by atoms with van der Waals surface area (Å²) in [6, 6.07) is 10.9. The largest absolute Gasteiger partial charge is 0.494 e. The van der Waals surface area contributed by atoms with Crippen molar-refractivity contribution < 1.29 is 18.7 Å². The fraction of sp³-hybridized carbons (Fsp3) is 0.222. The molecule has 0 aliphatic rings. The molecule has 0 fully saturated rings. The minimum Gasteiger partial charge on any atom is -0.494 e. The van der Waals surface area contributed by atoms with Crippen LogP contribution in [0.1, 0.15) is 24.1 Å². The number of nitrogens with one attached hydrogen (secondary N) is 2. The fourth-order valence-electron chi connectivity index (χ4n) is 2.12. The molecule has 0 saturated heterocycles. The Kier molecular flexibility index (Phi) is 5.52. The van der Waals surface area contributed by atoms with Crippen LogP contribution in [0.2, 0.25) is 0 Å². The highest BCUT2D eigenvalue weighted by Gasteiger charge is 2.18. The van der Waals surface area contributed by atoms with Crippen molar-refractivity contribution in [3.05, 3.63) is 59.4 Å². The zero-order valence-electron chi connectivity index (χ0n) is 13.7. The lowest BCUT2D eigenvalue weighted by molar-refractivity contribution is -0.136. The third kappa shape index (κ3) is 4.32. The smallest absolute Gasteiger partial charge is 0.313 e. The van der Waals surface area contributed by atoms with Crippen LogP contribution in [0.5, 0.6) is 5.75 Å². The number of carbonyl (C=O) groups is 2. The highest BCUT2D eigenvalue weighted by Crippen LogP contribution is 2.21. The molecule has 0 bridgehead atoms. The van der Waals surface area contributed by atoms with Crippen molar-refractivity contribution in [2.45, 2.75) is 19.9 Å². The van der Waals surface area contributed by atoms with Crippen molar-refractivity contribution in [2.75, 3.05) is 12.4 Å². The molecule has 2 rings (SSSR count). The molecule has 126 valence electrons. The van der Waals surface area contributed by atoms with Gasteiger partial charge < -0.3 is 15.4 Å². The molecule has 6 heteroatoms. The van der Waals surface area contributed by atoms with Gasteiger partial charge in [0.25, 0.3) is 0 Å². The van der Waals surface area contributed by atoms with Gasteiger partial charge in [0.1, 0.15) is 0 Å². The summed E-state index contributed by atoms with van der Waals surface area (Å²) >= 11 is 0. The van der Waals surface area contributed by atoms with Crippen LogP contribution in [0.3, 0.4) is 0 Å². The second-order valence-electron chi connectivity index (χ2n) is 5.41. The Morgan fingerprint density at radius 1 is 1.08 bits per heavy atom. The lowest BCUT2D eigenvalue weighted by Gasteiger charge is -2.15. The molecule has 0 aliphatic heterocycles. The average Bonchev–Trinajstić information content (AvgIpc) is 2.56. The van der Waals surface area contributed by atoms with Gasteiger partial charge in [-0.15, -0.1) is 0 Å². The predicted octanol–water partition coefficient (Wildman–Crippen LogP) is 2.96. The number of anilines is 1. The van der Waals surface area contributed by atoms with E-state index >= 15 is 0 Å². The van der Waals surface area contributed by atoms with Crippen molar-refractivity contribution in [1.82, 2.24) is 5.32 Å². The molecule has 0 unspecified atom stereocenters. The van der Waals surface area contributed by atoms with Crippen molar-refractivity contribution in [1.29, 1.82) is 0 Å². The highest BCUT2D eigenvalue weighted by atomic mass is 19.1. The summed E-state index contributed by atoms with van der Waals surface area (Å²) in [7, 11) is 1.37. The van der Waals surface area contributed by atoms with Crippen molar-refractivity contribution >= 4 is 17.5 Å². The molecule has 2 aromatic rings. The number of rotatable bonds is 4. The first-order chi connectivity index (χ1) is 11.4. The molecule has 0 radical (unpaired) electrons. The van der Waals surface area contributed by atoms with E-state index in [4.69, 9.17) is 4.74 Å². The molecular weight excluding hydrogens is 311 g/mol. The van der Waals surface area contributed by atoms with Gasteiger partial charge in [-0.2, -0.15) is 0 Å². The fourth-order valence-corrected chi connectivity index (χ4v) is 2.12. The Bertz CT molecular complexity index is 744. The molecule has 2 aromatic carbocycles. The number of ether oxygens (including phenoxy) is 1. The zero-order chi connectivity index (χ0) is 17.7. The molecule has 0 saturated carbocycles. The van der Waals surface area contributed by atoms with Gasteiger partial charge in [-0.25, -0.2) is 4.39 Å². The second-order valence-corrected chi connectivity index (χ2v) is 5.41. The van der Waals surface area contributed by atoms with Gasteiger partial charge in [-0.05, 0) is 43.7 Å². The van der Waals surface area contributed by atoms with Crippen LogP contribution >= 0.6 is 0 Å². The van der Waals surface area contributed by atoms with Crippen LogP contribution in [0, 0.1) is 12.7 Å². The molecule has 1 atom stereocenters. The summed E-state index contributed by atoms with van der Waals surface area (Å²) in [6.07, 6.45) is 0. The summed E-state index contributed by atoms with van der Waals surface area (Å²) in [5.41, 5.74) is 2.11. The van der Waals surface area contributed by atoms with E-state index in [1.807, 2.05) is 19.1 Å². The predicted molar refractivity (Wildman–Crippen MR) is 89.3 cm³/mol. The van der Waals surface area contributed by atoms with E-state index in [2.05, 4.69) is 10.6 Å². The molecular formula is C18H19FN2O3. The van der Waals surface area contributed by atoms with Gasteiger partial charge in [-0.1, -0.05) is 23.8 Å². The van der Waals surface area contributed by atoms with E-state index in [-0.39, 0.29) is 5.75 Å². The average molecular weight is 330 g/mol. The lowest BCUT2D eigenvalue weighted by Crippen LogP contribution is -2.36. The van der Waals surface area contributed by atoms with Crippen molar-refractivity contribution in [3.8, 4) is 5.75 Å². The van der Waals surface area contributed by atoms with Gasteiger partial charge in [0.15, 0.2) is 11.6 Å². The first kappa shape index (κ1) is 17.5. The van der Waals surface area contributed by atoms with E-state index in [0.29, 0.717) is 11.3 Å². The van der Waals surface area contributed by atoms with E-state index in [0.717, 1.165) is 5.56 Å². The number of hydrogen-bond donors (Lipinski definition) is 2. The van der Waals surface area contributed by atoms with Crippen LogP contribution < -0.4 is 15.4 Å². The van der Waals surface area contributed by atoms with Crippen LogP contribution in [0.25, 0.3) is 0 Å². The number of hydrogen-bond acceptors (Lipinski definition) is 3. The van der Waals surface area contributed by atoms with Gasteiger partial charge in [0.2, 0.25) is 0 Å². The third-order valence-electron chi connectivity index (χ3n) is 3.54. The molecule has 0 spiro atoms. The minimum atomic E-state index is -0.792. The second kappa shape index (κ2) is 7.59. The van der Waals surface area contributed by atoms with Crippen LogP contribution in [-0.4, -0.2) is 18.9 Å². The first-order valence-electron chi connectivity index (χ1n) is 7.42. The lowest BCUT2D eigenvalue weighted by atomic mass is 10.1. The standard InChI is InChI=1S/C18H19FN2O3/c1-11-4-7-14(8-5-11)21-18(23)17(22)20-12(2)13-6-9-16(24-3)15(19)10-13/h4-10,12H,1-3H3,(H,20,22)(H,21,23)/t12-/m0/s1. The van der Waals surface area contributed by atoms with E-state index in [1.54, 1.807) is 25.1 Å². The summed E-state index contributed by atoms with van der Waals surface area (Å²) in [5.74, 6) is -1.98. The topological polar surface area (TPSA) is 67.4 Å². The molecule has 0 aliphatic carbocycles. The summed E-state index contributed by atoms with van der Waals surface area (Å²) in [5, 5.41) is 5.04. The number of halogens is 1. The molecule has 5 nitrogen and oxygen atoms in total. The first-order valence-corrected chi connectivity index (χ1v) is 7.42. The maximum absolute atomic E-state index is 13.7. The molecule has 0 aromatic heterocycles.